The van der Waals surface area contributed by atoms with Gasteiger partial charge in [0.1, 0.15) is 0 Å². The highest BCUT2D eigenvalue weighted by Crippen LogP contribution is 2.32. The Morgan fingerprint density at radius 3 is 2.70 bits per heavy atom. The van der Waals surface area contributed by atoms with Gasteiger partial charge in [0.2, 0.25) is 0 Å². The van der Waals surface area contributed by atoms with Crippen LogP contribution in [0.1, 0.15) is 36.0 Å². The van der Waals surface area contributed by atoms with E-state index >= 15 is 0 Å². The Balaban J connectivity index is 2.50. The summed E-state index contributed by atoms with van der Waals surface area (Å²) in [6.45, 7) is 8.19. The number of thiophene rings is 1. The lowest BCUT2D eigenvalue weighted by atomic mass is 10.1. The lowest BCUT2D eigenvalue weighted by molar-refractivity contribution is 0.0955. The lowest BCUT2D eigenvalue weighted by Crippen LogP contribution is -2.33. The molecular formula is C15H21N3OS. The summed E-state index contributed by atoms with van der Waals surface area (Å²) in [5, 5.41) is 1.15. The molecule has 0 bridgehead atoms. The monoisotopic (exact) mass is 291 g/mol. The van der Waals surface area contributed by atoms with Crippen LogP contribution < -0.4 is 11.3 Å². The van der Waals surface area contributed by atoms with Gasteiger partial charge < -0.3 is 0 Å². The molecular weight excluding hydrogens is 270 g/mol. The number of hydrogen-bond acceptors (Lipinski definition) is 4. The SMILES string of the molecule is CCN(Cc1c(C(=O)NN)sc2ccccc12)C(C)C. The van der Waals surface area contributed by atoms with E-state index in [1.165, 1.54) is 11.3 Å². The van der Waals surface area contributed by atoms with E-state index in [4.69, 9.17) is 5.84 Å². The van der Waals surface area contributed by atoms with Gasteiger partial charge in [-0.25, -0.2) is 5.84 Å². The van der Waals surface area contributed by atoms with Crippen molar-refractivity contribution in [3.8, 4) is 0 Å². The Morgan fingerprint density at radius 2 is 2.10 bits per heavy atom. The first-order chi connectivity index (χ1) is 9.58. The fraction of sp³-hybridized carbons (Fsp3) is 0.400. The van der Waals surface area contributed by atoms with Crippen molar-refractivity contribution in [2.45, 2.75) is 33.4 Å². The summed E-state index contributed by atoms with van der Waals surface area (Å²) in [5.74, 6) is 5.10. The van der Waals surface area contributed by atoms with E-state index in [9.17, 15) is 4.79 Å². The molecule has 108 valence electrons. The molecule has 3 N–H and O–H groups in total. The number of hydrogen-bond donors (Lipinski definition) is 2. The average Bonchev–Trinajstić information content (AvgIpc) is 2.82. The van der Waals surface area contributed by atoms with Gasteiger partial charge >= 0.3 is 0 Å². The summed E-state index contributed by atoms with van der Waals surface area (Å²) in [5.41, 5.74) is 3.33. The quantitative estimate of drug-likeness (QED) is 0.506. The minimum atomic E-state index is -0.207. The van der Waals surface area contributed by atoms with Crippen LogP contribution in [0.5, 0.6) is 0 Å². The van der Waals surface area contributed by atoms with Crippen molar-refractivity contribution >= 4 is 27.3 Å². The average molecular weight is 291 g/mol. The first-order valence-corrected chi connectivity index (χ1v) is 7.65. The number of benzene rings is 1. The maximum Gasteiger partial charge on any atom is 0.275 e. The van der Waals surface area contributed by atoms with Crippen molar-refractivity contribution in [2.75, 3.05) is 6.54 Å². The fourth-order valence-corrected chi connectivity index (χ4v) is 3.48. The zero-order valence-corrected chi connectivity index (χ0v) is 13.0. The van der Waals surface area contributed by atoms with Crippen molar-refractivity contribution in [3.63, 3.8) is 0 Å². The van der Waals surface area contributed by atoms with Crippen molar-refractivity contribution in [2.24, 2.45) is 5.84 Å². The second kappa shape index (κ2) is 6.35. The molecule has 1 amide bonds. The first-order valence-electron chi connectivity index (χ1n) is 6.83. The van der Waals surface area contributed by atoms with Crippen molar-refractivity contribution in [1.82, 2.24) is 10.3 Å². The second-order valence-corrected chi connectivity index (χ2v) is 6.09. The van der Waals surface area contributed by atoms with Gasteiger partial charge in [-0.1, -0.05) is 25.1 Å². The standard InChI is InChI=1S/C15H21N3OS/c1-4-18(10(2)3)9-12-11-7-5-6-8-13(11)20-14(12)15(19)17-16/h5-8,10H,4,9,16H2,1-3H3,(H,17,19). The van der Waals surface area contributed by atoms with Gasteiger partial charge in [0, 0.05) is 17.3 Å². The number of hydrazine groups is 1. The normalized spacial score (nSPS) is 11.5. The van der Waals surface area contributed by atoms with Crippen LogP contribution in [0.4, 0.5) is 0 Å². The molecule has 1 heterocycles. The van der Waals surface area contributed by atoms with E-state index in [1.54, 1.807) is 0 Å². The molecule has 5 heteroatoms. The summed E-state index contributed by atoms with van der Waals surface area (Å²) in [6, 6.07) is 8.55. The first kappa shape index (κ1) is 15.0. The summed E-state index contributed by atoms with van der Waals surface area (Å²) in [7, 11) is 0. The Morgan fingerprint density at radius 1 is 1.40 bits per heavy atom. The third-order valence-electron chi connectivity index (χ3n) is 3.53. The molecule has 0 saturated heterocycles. The van der Waals surface area contributed by atoms with E-state index in [1.807, 2.05) is 18.2 Å². The summed E-state index contributed by atoms with van der Waals surface area (Å²) < 4.78 is 1.13. The molecule has 0 atom stereocenters. The molecule has 0 fully saturated rings. The maximum absolute atomic E-state index is 12.0. The number of rotatable bonds is 5. The van der Waals surface area contributed by atoms with E-state index in [0.717, 1.165) is 28.7 Å². The Kier molecular flexibility index (Phi) is 4.75. The van der Waals surface area contributed by atoms with E-state index < -0.39 is 0 Å². The number of carbonyl (C=O) groups excluding carboxylic acids is 1. The van der Waals surface area contributed by atoms with Crippen LogP contribution in [0, 0.1) is 0 Å². The zero-order valence-electron chi connectivity index (χ0n) is 12.1. The predicted octanol–water partition coefficient (Wildman–Crippen LogP) is 2.74. The number of nitrogens with two attached hydrogens (primary N) is 1. The minimum absolute atomic E-state index is 0.207. The van der Waals surface area contributed by atoms with Gasteiger partial charge in [-0.15, -0.1) is 11.3 Å². The molecule has 1 aromatic heterocycles. The molecule has 1 aromatic carbocycles. The lowest BCUT2D eigenvalue weighted by Gasteiger charge is -2.25. The zero-order chi connectivity index (χ0) is 14.7. The molecule has 0 aliphatic heterocycles. The van der Waals surface area contributed by atoms with Crippen LogP contribution >= 0.6 is 11.3 Å². The predicted molar refractivity (Wildman–Crippen MR) is 84.7 cm³/mol. The van der Waals surface area contributed by atoms with Gasteiger partial charge in [0.15, 0.2) is 0 Å². The third-order valence-corrected chi connectivity index (χ3v) is 4.75. The van der Waals surface area contributed by atoms with Crippen LogP contribution in [0.15, 0.2) is 24.3 Å². The highest BCUT2D eigenvalue weighted by molar-refractivity contribution is 7.21. The van der Waals surface area contributed by atoms with E-state index in [0.29, 0.717) is 10.9 Å². The van der Waals surface area contributed by atoms with Gasteiger partial charge in [-0.05, 0) is 37.4 Å². The molecule has 2 aromatic rings. The smallest absolute Gasteiger partial charge is 0.275 e. The summed E-state index contributed by atoms with van der Waals surface area (Å²) in [4.78, 5) is 15.1. The van der Waals surface area contributed by atoms with Crippen molar-refractivity contribution in [1.29, 1.82) is 0 Å². The van der Waals surface area contributed by atoms with Crippen LogP contribution in [0.2, 0.25) is 0 Å². The summed E-state index contributed by atoms with van der Waals surface area (Å²) >= 11 is 1.50. The maximum atomic E-state index is 12.0. The second-order valence-electron chi connectivity index (χ2n) is 5.04. The largest absolute Gasteiger partial charge is 0.297 e. The Labute approximate surface area is 123 Å². The molecule has 0 unspecified atom stereocenters. The molecule has 0 saturated carbocycles. The molecule has 0 radical (unpaired) electrons. The topological polar surface area (TPSA) is 58.4 Å². The van der Waals surface area contributed by atoms with Gasteiger partial charge in [0.05, 0.1) is 4.88 Å². The van der Waals surface area contributed by atoms with Crippen LogP contribution in [-0.4, -0.2) is 23.4 Å². The molecule has 0 spiro atoms. The number of amides is 1. The van der Waals surface area contributed by atoms with Crippen molar-refractivity contribution in [3.05, 3.63) is 34.7 Å². The number of fused-ring (bicyclic) bond motifs is 1. The van der Waals surface area contributed by atoms with Crippen LogP contribution in [0.25, 0.3) is 10.1 Å². The number of carbonyl (C=O) groups is 1. The highest BCUT2D eigenvalue weighted by atomic mass is 32.1. The number of nitrogens with one attached hydrogen (secondary N) is 1. The molecule has 4 nitrogen and oxygen atoms in total. The molecule has 0 aliphatic carbocycles. The number of nitrogens with zero attached hydrogens (tertiary/aromatic N) is 1. The summed E-state index contributed by atoms with van der Waals surface area (Å²) in [6.07, 6.45) is 0. The van der Waals surface area contributed by atoms with Crippen LogP contribution in [0.3, 0.4) is 0 Å². The van der Waals surface area contributed by atoms with E-state index in [2.05, 4.69) is 37.2 Å². The third kappa shape index (κ3) is 2.85. The Hall–Kier alpha value is -1.43. The van der Waals surface area contributed by atoms with Crippen LogP contribution in [-0.2, 0) is 6.54 Å². The molecule has 2 rings (SSSR count). The van der Waals surface area contributed by atoms with Gasteiger partial charge in [0.25, 0.3) is 5.91 Å². The highest BCUT2D eigenvalue weighted by Gasteiger charge is 2.20. The van der Waals surface area contributed by atoms with Crippen molar-refractivity contribution < 1.29 is 4.79 Å². The van der Waals surface area contributed by atoms with E-state index in [-0.39, 0.29) is 5.91 Å². The van der Waals surface area contributed by atoms with Gasteiger partial charge in [-0.3, -0.25) is 15.1 Å². The molecule has 20 heavy (non-hydrogen) atoms. The fourth-order valence-electron chi connectivity index (χ4n) is 2.37. The Bertz CT molecular complexity index is 606. The van der Waals surface area contributed by atoms with Gasteiger partial charge in [-0.2, -0.15) is 0 Å². The molecule has 0 aliphatic rings. The number of nitrogen functional groups attached to an aromatic ring is 1. The minimum Gasteiger partial charge on any atom is -0.297 e.